The summed E-state index contributed by atoms with van der Waals surface area (Å²) >= 11 is 0. The van der Waals surface area contributed by atoms with Crippen LogP contribution < -0.4 is 5.32 Å². The minimum absolute atomic E-state index is 0.0284. The highest BCUT2D eigenvalue weighted by Crippen LogP contribution is 2.29. The molecule has 0 fully saturated rings. The second-order valence-electron chi connectivity index (χ2n) is 6.03. The van der Waals surface area contributed by atoms with Crippen molar-refractivity contribution in [2.75, 3.05) is 12.4 Å². The van der Waals surface area contributed by atoms with Crippen molar-refractivity contribution in [1.29, 1.82) is 0 Å². The predicted molar refractivity (Wildman–Crippen MR) is 95.2 cm³/mol. The molecule has 26 heavy (non-hydrogen) atoms. The van der Waals surface area contributed by atoms with E-state index in [4.69, 9.17) is 0 Å². The van der Waals surface area contributed by atoms with E-state index in [1.165, 1.54) is 26.1 Å². The summed E-state index contributed by atoms with van der Waals surface area (Å²) in [5.74, 6) is -2.35. The van der Waals surface area contributed by atoms with Crippen molar-refractivity contribution in [3.05, 3.63) is 59.2 Å². The number of aryl methyl sites for hydroxylation is 1. The summed E-state index contributed by atoms with van der Waals surface area (Å²) in [6.45, 7) is 4.54. The Bertz CT molecular complexity index is 945. The lowest BCUT2D eigenvalue weighted by atomic mass is 10.1. The number of nitrogens with one attached hydrogen (secondary N) is 1. The summed E-state index contributed by atoms with van der Waals surface area (Å²) in [4.78, 5) is 11.2. The van der Waals surface area contributed by atoms with Crippen molar-refractivity contribution >= 4 is 21.6 Å². The van der Waals surface area contributed by atoms with E-state index >= 15 is 0 Å². The topological polar surface area (TPSA) is 66.5 Å². The maximum absolute atomic E-state index is 13.5. The van der Waals surface area contributed by atoms with Gasteiger partial charge in [0.15, 0.2) is 11.6 Å². The zero-order chi connectivity index (χ0) is 19.6. The molecule has 1 unspecified atom stereocenters. The third-order valence-electron chi connectivity index (χ3n) is 4.14. The quantitative estimate of drug-likeness (QED) is 0.859. The molecule has 140 valence electrons. The van der Waals surface area contributed by atoms with Gasteiger partial charge in [0, 0.05) is 25.7 Å². The van der Waals surface area contributed by atoms with Gasteiger partial charge in [0.05, 0.1) is 4.90 Å². The van der Waals surface area contributed by atoms with E-state index in [-0.39, 0.29) is 10.8 Å². The molecule has 0 heterocycles. The second-order valence-corrected chi connectivity index (χ2v) is 8.00. The van der Waals surface area contributed by atoms with Gasteiger partial charge in [0.1, 0.15) is 0 Å². The minimum atomic E-state index is -3.93. The van der Waals surface area contributed by atoms with Gasteiger partial charge in [-0.25, -0.2) is 17.2 Å². The highest BCUT2D eigenvalue weighted by atomic mass is 32.2. The lowest BCUT2D eigenvalue weighted by molar-refractivity contribution is -0.114. The Kier molecular flexibility index (Phi) is 5.77. The maximum atomic E-state index is 13.5. The van der Waals surface area contributed by atoms with Gasteiger partial charge in [0.2, 0.25) is 15.9 Å². The molecule has 8 heteroatoms. The number of carbonyl (C=O) groups excluding carboxylic acids is 1. The molecule has 0 bridgehead atoms. The number of carbonyl (C=O) groups is 1. The van der Waals surface area contributed by atoms with Crippen LogP contribution in [0.4, 0.5) is 14.5 Å². The van der Waals surface area contributed by atoms with E-state index in [2.05, 4.69) is 5.32 Å². The standard InChI is InChI=1S/C18H20F2N2O3S/c1-11-5-7-15(21-13(3)23)10-18(11)26(24,25)22(4)12(2)14-6-8-16(19)17(20)9-14/h5-10,12H,1-4H3,(H,21,23). The van der Waals surface area contributed by atoms with Crippen molar-refractivity contribution in [2.45, 2.75) is 31.7 Å². The van der Waals surface area contributed by atoms with E-state index < -0.39 is 27.7 Å². The molecule has 1 amide bonds. The highest BCUT2D eigenvalue weighted by Gasteiger charge is 2.28. The van der Waals surface area contributed by atoms with Crippen molar-refractivity contribution in [1.82, 2.24) is 4.31 Å². The Morgan fingerprint density at radius 1 is 1.12 bits per heavy atom. The molecule has 1 atom stereocenters. The van der Waals surface area contributed by atoms with Crippen LogP contribution in [0, 0.1) is 18.6 Å². The van der Waals surface area contributed by atoms with Crippen molar-refractivity contribution in [3.8, 4) is 0 Å². The first-order chi connectivity index (χ1) is 12.0. The number of benzene rings is 2. The van der Waals surface area contributed by atoms with Gasteiger partial charge in [-0.3, -0.25) is 4.79 Å². The van der Waals surface area contributed by atoms with Gasteiger partial charge in [-0.2, -0.15) is 4.31 Å². The Morgan fingerprint density at radius 2 is 1.77 bits per heavy atom. The molecule has 0 saturated carbocycles. The minimum Gasteiger partial charge on any atom is -0.326 e. The highest BCUT2D eigenvalue weighted by molar-refractivity contribution is 7.89. The van der Waals surface area contributed by atoms with Crippen molar-refractivity contribution in [2.24, 2.45) is 0 Å². The largest absolute Gasteiger partial charge is 0.326 e. The van der Waals surface area contributed by atoms with Crippen LogP contribution in [0.2, 0.25) is 0 Å². The average Bonchev–Trinajstić information content (AvgIpc) is 2.57. The summed E-state index contributed by atoms with van der Waals surface area (Å²) in [7, 11) is -2.57. The van der Waals surface area contributed by atoms with Crippen LogP contribution >= 0.6 is 0 Å². The Balaban J connectivity index is 2.42. The number of nitrogens with zero attached hydrogens (tertiary/aromatic N) is 1. The Hall–Kier alpha value is -2.32. The van der Waals surface area contributed by atoms with Crippen LogP contribution in [0.25, 0.3) is 0 Å². The first kappa shape index (κ1) is 20.0. The summed E-state index contributed by atoms with van der Waals surface area (Å²) in [5.41, 5.74) is 1.18. The molecule has 1 N–H and O–H groups in total. The van der Waals surface area contributed by atoms with Crippen LogP contribution in [0.15, 0.2) is 41.3 Å². The number of anilines is 1. The van der Waals surface area contributed by atoms with Gasteiger partial charge in [-0.05, 0) is 49.2 Å². The van der Waals surface area contributed by atoms with Gasteiger partial charge >= 0.3 is 0 Å². The molecule has 2 aromatic rings. The zero-order valence-electron chi connectivity index (χ0n) is 14.9. The van der Waals surface area contributed by atoms with Crippen LogP contribution in [-0.2, 0) is 14.8 Å². The van der Waals surface area contributed by atoms with Crippen molar-refractivity contribution < 1.29 is 22.0 Å². The molecule has 2 rings (SSSR count). The number of sulfonamides is 1. The number of halogens is 2. The fourth-order valence-corrected chi connectivity index (χ4v) is 4.10. The number of hydrogen-bond acceptors (Lipinski definition) is 3. The predicted octanol–water partition coefficient (Wildman–Crippen LogP) is 3.61. The molecule has 5 nitrogen and oxygen atoms in total. The van der Waals surface area contributed by atoms with Gasteiger partial charge in [0.25, 0.3) is 0 Å². The van der Waals surface area contributed by atoms with Gasteiger partial charge in [-0.1, -0.05) is 12.1 Å². The van der Waals surface area contributed by atoms with Crippen LogP contribution in [0.3, 0.4) is 0 Å². The van der Waals surface area contributed by atoms with E-state index in [1.807, 2.05) is 0 Å². The van der Waals surface area contributed by atoms with Crippen LogP contribution in [0.5, 0.6) is 0 Å². The third kappa shape index (κ3) is 4.08. The molecule has 0 spiro atoms. The molecule has 0 aliphatic heterocycles. The first-order valence-corrected chi connectivity index (χ1v) is 9.29. The zero-order valence-corrected chi connectivity index (χ0v) is 15.7. The monoisotopic (exact) mass is 382 g/mol. The van der Waals surface area contributed by atoms with E-state index in [0.717, 1.165) is 16.4 Å². The van der Waals surface area contributed by atoms with Crippen LogP contribution in [0.1, 0.15) is 31.0 Å². The average molecular weight is 382 g/mol. The third-order valence-corrected chi connectivity index (χ3v) is 6.21. The molecule has 2 aromatic carbocycles. The van der Waals surface area contributed by atoms with E-state index in [1.54, 1.807) is 26.0 Å². The number of hydrogen-bond donors (Lipinski definition) is 1. The van der Waals surface area contributed by atoms with Crippen LogP contribution in [-0.4, -0.2) is 25.7 Å². The normalized spacial score (nSPS) is 12.9. The molecular formula is C18H20F2N2O3S. The SMILES string of the molecule is CC(=O)Nc1ccc(C)c(S(=O)(=O)N(C)C(C)c2ccc(F)c(F)c2)c1. The van der Waals surface area contributed by atoms with Crippen molar-refractivity contribution in [3.63, 3.8) is 0 Å². The fraction of sp³-hybridized carbons (Fsp3) is 0.278. The van der Waals surface area contributed by atoms with E-state index in [0.29, 0.717) is 16.8 Å². The van der Waals surface area contributed by atoms with E-state index in [9.17, 15) is 22.0 Å². The van der Waals surface area contributed by atoms with Gasteiger partial charge < -0.3 is 5.32 Å². The Morgan fingerprint density at radius 3 is 2.35 bits per heavy atom. The van der Waals surface area contributed by atoms with Gasteiger partial charge in [-0.15, -0.1) is 0 Å². The lowest BCUT2D eigenvalue weighted by Crippen LogP contribution is -2.30. The maximum Gasteiger partial charge on any atom is 0.243 e. The second kappa shape index (κ2) is 7.51. The molecule has 0 aliphatic carbocycles. The fourth-order valence-electron chi connectivity index (χ4n) is 2.50. The summed E-state index contributed by atoms with van der Waals surface area (Å²) in [6.07, 6.45) is 0. The molecular weight excluding hydrogens is 362 g/mol. The molecule has 0 aliphatic rings. The molecule has 0 radical (unpaired) electrons. The smallest absolute Gasteiger partial charge is 0.243 e. The first-order valence-electron chi connectivity index (χ1n) is 7.85. The lowest BCUT2D eigenvalue weighted by Gasteiger charge is -2.25. The molecule has 0 saturated heterocycles. The summed E-state index contributed by atoms with van der Waals surface area (Å²) < 4.78 is 53.7. The molecule has 0 aromatic heterocycles. The summed E-state index contributed by atoms with van der Waals surface area (Å²) in [6, 6.07) is 7.13. The Labute approximate surface area is 151 Å². The summed E-state index contributed by atoms with van der Waals surface area (Å²) in [5, 5.41) is 2.54. The number of amides is 1. The number of rotatable bonds is 5.